The van der Waals surface area contributed by atoms with Gasteiger partial charge in [0.05, 0.1) is 9.82 Å². The van der Waals surface area contributed by atoms with Crippen molar-refractivity contribution in [2.75, 3.05) is 6.54 Å². The Morgan fingerprint density at radius 3 is 2.35 bits per heavy atom. The van der Waals surface area contributed by atoms with Crippen LogP contribution < -0.4 is 10.5 Å². The summed E-state index contributed by atoms with van der Waals surface area (Å²) >= 11 is 0. The second-order valence-electron chi connectivity index (χ2n) is 5.02. The number of hydrogen-bond acceptors (Lipinski definition) is 5. The van der Waals surface area contributed by atoms with E-state index in [1.807, 2.05) is 0 Å². The van der Waals surface area contributed by atoms with Crippen LogP contribution >= 0.6 is 12.4 Å². The van der Waals surface area contributed by atoms with E-state index in [1.54, 1.807) is 13.8 Å². The number of nitro benzene ring substituents is 1. The van der Waals surface area contributed by atoms with Crippen molar-refractivity contribution < 1.29 is 13.3 Å². The molecule has 0 fully saturated rings. The number of halogens is 1. The van der Waals surface area contributed by atoms with E-state index in [9.17, 15) is 18.5 Å². The number of aryl methyl sites for hydroxylation is 1. The third-order valence-electron chi connectivity index (χ3n) is 2.39. The molecule has 0 aliphatic heterocycles. The van der Waals surface area contributed by atoms with Crippen molar-refractivity contribution in [3.05, 3.63) is 33.9 Å². The number of nitrogens with two attached hydrogens (primary N) is 1. The van der Waals surface area contributed by atoms with Crippen LogP contribution in [0.5, 0.6) is 0 Å². The number of nitrogens with zero attached hydrogens (tertiary/aromatic N) is 1. The predicted molar refractivity (Wildman–Crippen MR) is 78.5 cm³/mol. The molecule has 0 spiro atoms. The van der Waals surface area contributed by atoms with Crippen LogP contribution in [-0.2, 0) is 10.0 Å². The molecule has 0 heterocycles. The monoisotopic (exact) mass is 323 g/mol. The quantitative estimate of drug-likeness (QED) is 0.626. The van der Waals surface area contributed by atoms with Crippen LogP contribution in [0.1, 0.15) is 19.4 Å². The van der Waals surface area contributed by atoms with E-state index in [2.05, 4.69) is 4.72 Å². The molecule has 0 unspecified atom stereocenters. The molecular weight excluding hydrogens is 306 g/mol. The molecule has 20 heavy (non-hydrogen) atoms. The Bertz CT molecular complexity index is 596. The van der Waals surface area contributed by atoms with E-state index >= 15 is 0 Å². The zero-order chi connectivity index (χ0) is 14.8. The molecule has 0 aliphatic carbocycles. The van der Waals surface area contributed by atoms with Gasteiger partial charge in [0.2, 0.25) is 10.0 Å². The second kappa shape index (κ2) is 6.49. The van der Waals surface area contributed by atoms with Gasteiger partial charge in [-0.25, -0.2) is 13.1 Å². The van der Waals surface area contributed by atoms with Crippen molar-refractivity contribution in [1.82, 2.24) is 4.72 Å². The maximum atomic E-state index is 12.0. The highest BCUT2D eigenvalue weighted by atomic mass is 35.5. The highest BCUT2D eigenvalue weighted by molar-refractivity contribution is 7.89. The smallest absolute Gasteiger partial charge is 0.272 e. The van der Waals surface area contributed by atoms with E-state index in [4.69, 9.17) is 5.73 Å². The third-order valence-corrected chi connectivity index (χ3v) is 3.79. The molecule has 1 aromatic rings. The van der Waals surface area contributed by atoms with Crippen LogP contribution in [0.4, 0.5) is 5.69 Å². The van der Waals surface area contributed by atoms with Gasteiger partial charge in [-0.1, -0.05) is 0 Å². The van der Waals surface area contributed by atoms with Gasteiger partial charge in [-0.2, -0.15) is 0 Å². The van der Waals surface area contributed by atoms with Crippen molar-refractivity contribution in [1.29, 1.82) is 0 Å². The average Bonchev–Trinajstić information content (AvgIpc) is 2.25. The highest BCUT2D eigenvalue weighted by Crippen LogP contribution is 2.21. The lowest BCUT2D eigenvalue weighted by Gasteiger charge is -2.19. The van der Waals surface area contributed by atoms with Crippen molar-refractivity contribution >= 4 is 28.1 Å². The van der Waals surface area contributed by atoms with Crippen molar-refractivity contribution in [2.24, 2.45) is 5.73 Å². The molecule has 1 rings (SSSR count). The van der Waals surface area contributed by atoms with Gasteiger partial charge in [-0.05, 0) is 32.9 Å². The first-order valence-electron chi connectivity index (χ1n) is 5.56. The Labute approximate surface area is 124 Å². The largest absolute Gasteiger partial charge is 0.324 e. The van der Waals surface area contributed by atoms with Crippen LogP contribution in [0, 0.1) is 17.0 Å². The normalized spacial score (nSPS) is 11.8. The van der Waals surface area contributed by atoms with Crippen LogP contribution in [0.2, 0.25) is 0 Å². The van der Waals surface area contributed by atoms with Gasteiger partial charge >= 0.3 is 0 Å². The zero-order valence-corrected chi connectivity index (χ0v) is 13.0. The molecule has 1 aromatic carbocycles. The summed E-state index contributed by atoms with van der Waals surface area (Å²) in [5.74, 6) is 0. The Morgan fingerprint density at radius 2 is 1.95 bits per heavy atom. The fourth-order valence-corrected chi connectivity index (χ4v) is 2.67. The van der Waals surface area contributed by atoms with Crippen LogP contribution in [0.15, 0.2) is 23.1 Å². The number of nitrogens with one attached hydrogen (secondary N) is 1. The van der Waals surface area contributed by atoms with E-state index in [0.29, 0.717) is 5.56 Å². The van der Waals surface area contributed by atoms with Gasteiger partial charge in [0.25, 0.3) is 5.69 Å². The average molecular weight is 324 g/mol. The summed E-state index contributed by atoms with van der Waals surface area (Å²) < 4.78 is 26.3. The first-order valence-corrected chi connectivity index (χ1v) is 7.05. The summed E-state index contributed by atoms with van der Waals surface area (Å²) in [6.45, 7) is 4.95. The second-order valence-corrected chi connectivity index (χ2v) is 6.79. The number of sulfonamides is 1. The zero-order valence-electron chi connectivity index (χ0n) is 11.4. The molecule has 0 aliphatic rings. The molecule has 0 aromatic heterocycles. The summed E-state index contributed by atoms with van der Waals surface area (Å²) in [5, 5.41) is 10.7. The minimum atomic E-state index is -3.71. The van der Waals surface area contributed by atoms with Gasteiger partial charge < -0.3 is 5.73 Å². The first kappa shape index (κ1) is 18.8. The maximum absolute atomic E-state index is 12.0. The van der Waals surface area contributed by atoms with Crippen molar-refractivity contribution in [3.63, 3.8) is 0 Å². The van der Waals surface area contributed by atoms with Crippen LogP contribution in [0.25, 0.3) is 0 Å². The number of benzene rings is 1. The Balaban J connectivity index is 0.00000361. The van der Waals surface area contributed by atoms with Gasteiger partial charge in [0.1, 0.15) is 0 Å². The Kier molecular flexibility index (Phi) is 6.09. The summed E-state index contributed by atoms with van der Waals surface area (Å²) in [6.07, 6.45) is 0. The van der Waals surface area contributed by atoms with Crippen LogP contribution in [0.3, 0.4) is 0 Å². The number of hydrogen-bond donors (Lipinski definition) is 2. The van der Waals surface area contributed by atoms with E-state index in [1.165, 1.54) is 25.1 Å². The molecule has 114 valence electrons. The van der Waals surface area contributed by atoms with Gasteiger partial charge in [0, 0.05) is 23.7 Å². The van der Waals surface area contributed by atoms with Crippen LogP contribution in [-0.4, -0.2) is 25.4 Å². The lowest BCUT2D eigenvalue weighted by molar-refractivity contribution is -0.385. The topological polar surface area (TPSA) is 115 Å². The van der Waals surface area contributed by atoms with E-state index < -0.39 is 20.5 Å². The fraction of sp³-hybridized carbons (Fsp3) is 0.455. The lowest BCUT2D eigenvalue weighted by Crippen LogP contribution is -2.45. The fourth-order valence-electron chi connectivity index (χ4n) is 1.36. The van der Waals surface area contributed by atoms with Gasteiger partial charge in [-0.3, -0.25) is 10.1 Å². The highest BCUT2D eigenvalue weighted by Gasteiger charge is 2.21. The molecular formula is C11H18ClN3O4S. The summed E-state index contributed by atoms with van der Waals surface area (Å²) in [5.41, 5.74) is 5.20. The molecule has 0 saturated heterocycles. The molecule has 3 N–H and O–H groups in total. The Hall–Kier alpha value is -1.22. The maximum Gasteiger partial charge on any atom is 0.272 e. The first-order chi connectivity index (χ1) is 8.53. The van der Waals surface area contributed by atoms with Gasteiger partial charge in [-0.15, -0.1) is 12.4 Å². The standard InChI is InChI=1S/C11H17N3O4S.ClH/c1-8-6-9(4-5-10(8)14(15)16)19(17,18)13-7-11(2,3)12;/h4-6,13H,7,12H2,1-3H3;1H. The molecule has 9 heteroatoms. The molecule has 0 bridgehead atoms. The molecule has 0 saturated carbocycles. The lowest BCUT2D eigenvalue weighted by atomic mass is 10.1. The molecule has 0 radical (unpaired) electrons. The summed E-state index contributed by atoms with van der Waals surface area (Å²) in [4.78, 5) is 10.1. The third kappa shape index (κ3) is 5.04. The summed E-state index contributed by atoms with van der Waals surface area (Å²) in [6, 6.07) is 3.65. The molecule has 0 amide bonds. The van der Waals surface area contributed by atoms with Crippen molar-refractivity contribution in [2.45, 2.75) is 31.2 Å². The SMILES string of the molecule is Cc1cc(S(=O)(=O)NCC(C)(C)N)ccc1[N+](=O)[O-].Cl. The number of rotatable bonds is 5. The van der Waals surface area contributed by atoms with E-state index in [0.717, 1.165) is 0 Å². The van der Waals surface area contributed by atoms with E-state index in [-0.39, 0.29) is 29.5 Å². The minimum Gasteiger partial charge on any atom is -0.324 e. The number of nitro groups is 1. The minimum absolute atomic E-state index is 0. The summed E-state index contributed by atoms with van der Waals surface area (Å²) in [7, 11) is -3.71. The molecule has 7 nitrogen and oxygen atoms in total. The van der Waals surface area contributed by atoms with Crippen molar-refractivity contribution in [3.8, 4) is 0 Å². The predicted octanol–water partition coefficient (Wildman–Crippen LogP) is 1.34. The van der Waals surface area contributed by atoms with Gasteiger partial charge in [0.15, 0.2) is 0 Å². The molecule has 0 atom stereocenters. The Morgan fingerprint density at radius 1 is 1.40 bits per heavy atom.